The zero-order valence-corrected chi connectivity index (χ0v) is 12.9. The summed E-state index contributed by atoms with van der Waals surface area (Å²) < 4.78 is 5.10. The highest BCUT2D eigenvalue weighted by atomic mass is 35.5. The second-order valence-electron chi connectivity index (χ2n) is 5.59. The summed E-state index contributed by atoms with van der Waals surface area (Å²) in [5, 5.41) is 14.0. The molecule has 1 aromatic rings. The highest BCUT2D eigenvalue weighted by Crippen LogP contribution is 2.33. The molecule has 0 atom stereocenters. The van der Waals surface area contributed by atoms with E-state index in [2.05, 4.69) is 5.32 Å². The Bertz CT molecular complexity index is 431. The van der Waals surface area contributed by atoms with Crippen LogP contribution < -0.4 is 10.1 Å². The van der Waals surface area contributed by atoms with E-state index in [9.17, 15) is 5.11 Å². The van der Waals surface area contributed by atoms with E-state index < -0.39 is 0 Å². The molecule has 1 saturated carbocycles. The van der Waals surface area contributed by atoms with Gasteiger partial charge in [-0.25, -0.2) is 0 Å². The van der Waals surface area contributed by atoms with E-state index in [0.717, 1.165) is 18.0 Å². The van der Waals surface area contributed by atoms with Gasteiger partial charge in [0.2, 0.25) is 0 Å². The lowest BCUT2D eigenvalue weighted by molar-refractivity contribution is 0.369. The molecule has 4 heteroatoms. The lowest BCUT2D eigenvalue weighted by atomic mass is 10.0. The first-order valence-corrected chi connectivity index (χ1v) is 7.84. The average Bonchev–Trinajstić information content (AvgIpc) is 2.95. The molecule has 0 amide bonds. The van der Waals surface area contributed by atoms with E-state index in [-0.39, 0.29) is 5.75 Å². The van der Waals surface area contributed by atoms with Crippen LogP contribution in [0.15, 0.2) is 12.1 Å². The van der Waals surface area contributed by atoms with Gasteiger partial charge in [0.1, 0.15) is 0 Å². The molecule has 2 N–H and O–H groups in total. The zero-order valence-electron chi connectivity index (χ0n) is 12.1. The Morgan fingerprint density at radius 3 is 2.80 bits per heavy atom. The minimum Gasteiger partial charge on any atom is -0.504 e. The first kappa shape index (κ1) is 15.5. The number of hydrogen-bond donors (Lipinski definition) is 2. The molecule has 0 heterocycles. The third-order valence-electron chi connectivity index (χ3n) is 4.09. The molecule has 1 aliphatic rings. The predicted octanol–water partition coefficient (Wildman–Crippen LogP) is 4.11. The van der Waals surface area contributed by atoms with Crippen LogP contribution in [-0.4, -0.2) is 18.8 Å². The average molecular weight is 298 g/mol. The van der Waals surface area contributed by atoms with Crippen LogP contribution in [0.25, 0.3) is 0 Å². The van der Waals surface area contributed by atoms with E-state index in [0.29, 0.717) is 17.3 Å². The number of phenolic OH excluding ortho intramolecular Hbond substituents is 1. The Kier molecular flexibility index (Phi) is 5.99. The van der Waals surface area contributed by atoms with Gasteiger partial charge in [-0.1, -0.05) is 37.3 Å². The Balaban J connectivity index is 1.74. The number of nitrogens with one attached hydrogen (secondary N) is 1. The molecule has 0 saturated heterocycles. The van der Waals surface area contributed by atoms with Crippen LogP contribution in [0.4, 0.5) is 0 Å². The lowest BCUT2D eigenvalue weighted by Crippen LogP contribution is -2.15. The molecular weight excluding hydrogens is 274 g/mol. The van der Waals surface area contributed by atoms with Gasteiger partial charge in [-0.15, -0.1) is 0 Å². The number of halogens is 1. The fourth-order valence-electron chi connectivity index (χ4n) is 2.96. The van der Waals surface area contributed by atoms with Crippen molar-refractivity contribution >= 4 is 11.6 Å². The van der Waals surface area contributed by atoms with Crippen molar-refractivity contribution in [1.29, 1.82) is 0 Å². The van der Waals surface area contributed by atoms with Crippen LogP contribution in [0.5, 0.6) is 11.5 Å². The Morgan fingerprint density at radius 2 is 2.10 bits per heavy atom. The SMILES string of the molecule is COc1cc(Cl)cc(CNCCCC2CCCC2)c1O. The van der Waals surface area contributed by atoms with E-state index in [1.54, 1.807) is 12.1 Å². The standard InChI is InChI=1S/C16H24ClNO2/c1-20-15-10-14(17)9-13(16(15)19)11-18-8-4-7-12-5-2-3-6-12/h9-10,12,18-19H,2-8,11H2,1H3. The van der Waals surface area contributed by atoms with Gasteiger partial charge in [-0.3, -0.25) is 0 Å². The normalized spacial score (nSPS) is 15.7. The molecular formula is C16H24ClNO2. The fourth-order valence-corrected chi connectivity index (χ4v) is 3.19. The molecule has 20 heavy (non-hydrogen) atoms. The number of benzene rings is 1. The monoisotopic (exact) mass is 297 g/mol. The summed E-state index contributed by atoms with van der Waals surface area (Å²) in [6.07, 6.45) is 8.15. The molecule has 0 aliphatic heterocycles. The predicted molar refractivity (Wildman–Crippen MR) is 82.6 cm³/mol. The summed E-state index contributed by atoms with van der Waals surface area (Å²) >= 11 is 6.01. The third kappa shape index (κ3) is 4.29. The lowest BCUT2D eigenvalue weighted by Gasteiger charge is -2.12. The maximum absolute atomic E-state index is 10.0. The fraction of sp³-hybridized carbons (Fsp3) is 0.625. The molecule has 0 radical (unpaired) electrons. The van der Waals surface area contributed by atoms with Crippen molar-refractivity contribution in [3.63, 3.8) is 0 Å². The molecule has 3 nitrogen and oxygen atoms in total. The van der Waals surface area contributed by atoms with Gasteiger partial charge in [0, 0.05) is 23.2 Å². The minimum atomic E-state index is 0.181. The minimum absolute atomic E-state index is 0.181. The van der Waals surface area contributed by atoms with Gasteiger partial charge in [0.05, 0.1) is 7.11 Å². The van der Waals surface area contributed by atoms with Gasteiger partial charge < -0.3 is 15.2 Å². The van der Waals surface area contributed by atoms with Crippen LogP contribution in [0.1, 0.15) is 44.1 Å². The first-order valence-electron chi connectivity index (χ1n) is 7.47. The van der Waals surface area contributed by atoms with Gasteiger partial charge in [-0.05, 0) is 31.4 Å². The van der Waals surface area contributed by atoms with Crippen molar-refractivity contribution in [2.45, 2.75) is 45.1 Å². The molecule has 112 valence electrons. The summed E-state index contributed by atoms with van der Waals surface area (Å²) in [7, 11) is 1.53. The number of ether oxygens (including phenoxy) is 1. The van der Waals surface area contributed by atoms with Crippen molar-refractivity contribution in [3.05, 3.63) is 22.7 Å². The Morgan fingerprint density at radius 1 is 1.35 bits per heavy atom. The number of methoxy groups -OCH3 is 1. The first-order chi connectivity index (χ1) is 9.70. The summed E-state index contributed by atoms with van der Waals surface area (Å²) in [6, 6.07) is 3.41. The van der Waals surface area contributed by atoms with Crippen molar-refractivity contribution < 1.29 is 9.84 Å². The maximum Gasteiger partial charge on any atom is 0.162 e. The van der Waals surface area contributed by atoms with E-state index in [4.69, 9.17) is 16.3 Å². The Hall–Kier alpha value is -0.930. The number of rotatable bonds is 7. The van der Waals surface area contributed by atoms with Crippen molar-refractivity contribution in [2.75, 3.05) is 13.7 Å². The second-order valence-corrected chi connectivity index (χ2v) is 6.02. The van der Waals surface area contributed by atoms with Crippen LogP contribution >= 0.6 is 11.6 Å². The smallest absolute Gasteiger partial charge is 0.162 e. The van der Waals surface area contributed by atoms with Crippen molar-refractivity contribution in [2.24, 2.45) is 5.92 Å². The maximum atomic E-state index is 10.0. The highest BCUT2D eigenvalue weighted by molar-refractivity contribution is 6.30. The number of aromatic hydroxyl groups is 1. The highest BCUT2D eigenvalue weighted by Gasteiger charge is 2.14. The summed E-state index contributed by atoms with van der Waals surface area (Å²) in [6.45, 7) is 1.60. The molecule has 2 rings (SSSR count). The summed E-state index contributed by atoms with van der Waals surface area (Å²) in [4.78, 5) is 0. The second kappa shape index (κ2) is 7.75. The van der Waals surface area contributed by atoms with Crippen molar-refractivity contribution in [1.82, 2.24) is 5.32 Å². The number of hydrogen-bond acceptors (Lipinski definition) is 3. The van der Waals surface area contributed by atoms with Crippen molar-refractivity contribution in [3.8, 4) is 11.5 Å². The molecule has 1 aliphatic carbocycles. The largest absolute Gasteiger partial charge is 0.504 e. The van der Waals surface area contributed by atoms with Crippen LogP contribution in [0, 0.1) is 5.92 Å². The van der Waals surface area contributed by atoms with E-state index in [1.807, 2.05) is 0 Å². The molecule has 1 fully saturated rings. The Labute approximate surface area is 126 Å². The van der Waals surface area contributed by atoms with E-state index >= 15 is 0 Å². The molecule has 0 spiro atoms. The quantitative estimate of drug-likeness (QED) is 0.744. The van der Waals surface area contributed by atoms with Gasteiger partial charge in [0.25, 0.3) is 0 Å². The molecule has 1 aromatic carbocycles. The number of phenols is 1. The summed E-state index contributed by atoms with van der Waals surface area (Å²) in [5.41, 5.74) is 0.787. The summed E-state index contributed by atoms with van der Waals surface area (Å²) in [5.74, 6) is 1.55. The topological polar surface area (TPSA) is 41.5 Å². The van der Waals surface area contributed by atoms with Crippen LogP contribution in [0.3, 0.4) is 0 Å². The third-order valence-corrected chi connectivity index (χ3v) is 4.31. The van der Waals surface area contributed by atoms with Gasteiger partial charge in [0.15, 0.2) is 11.5 Å². The zero-order chi connectivity index (χ0) is 14.4. The molecule has 0 unspecified atom stereocenters. The van der Waals surface area contributed by atoms with Crippen LogP contribution in [-0.2, 0) is 6.54 Å². The van der Waals surface area contributed by atoms with Gasteiger partial charge in [-0.2, -0.15) is 0 Å². The van der Waals surface area contributed by atoms with E-state index in [1.165, 1.54) is 45.6 Å². The van der Waals surface area contributed by atoms with Crippen LogP contribution in [0.2, 0.25) is 5.02 Å². The van der Waals surface area contributed by atoms with Gasteiger partial charge >= 0.3 is 0 Å². The molecule has 0 aromatic heterocycles. The molecule has 0 bridgehead atoms.